The summed E-state index contributed by atoms with van der Waals surface area (Å²) in [6.45, 7) is 4.22. The molecule has 0 unspecified atom stereocenters. The number of rotatable bonds is 4. The molecule has 3 aromatic rings. The van der Waals surface area contributed by atoms with Crippen LogP contribution in [-0.4, -0.2) is 88.0 Å². The van der Waals surface area contributed by atoms with Gasteiger partial charge in [-0.05, 0) is 18.9 Å². The van der Waals surface area contributed by atoms with Crippen LogP contribution in [0.1, 0.15) is 33.7 Å². The minimum absolute atomic E-state index is 0.161. The van der Waals surface area contributed by atoms with Gasteiger partial charge in [-0.3, -0.25) is 14.7 Å². The van der Waals surface area contributed by atoms with Gasteiger partial charge in [0.1, 0.15) is 5.69 Å². The van der Waals surface area contributed by atoms with Gasteiger partial charge in [0.05, 0.1) is 25.0 Å². The molecule has 2 amide bonds. The van der Waals surface area contributed by atoms with Gasteiger partial charge in [-0.2, -0.15) is 10.1 Å². The second-order valence-corrected chi connectivity index (χ2v) is 7.72. The third-order valence-corrected chi connectivity index (χ3v) is 5.77. The molecule has 2 saturated heterocycles. The van der Waals surface area contributed by atoms with E-state index >= 15 is 0 Å². The van der Waals surface area contributed by atoms with E-state index in [0.29, 0.717) is 49.1 Å². The number of H-pyrrole nitrogens is 1. The Labute approximate surface area is 178 Å². The molecule has 0 aromatic carbocycles. The van der Waals surface area contributed by atoms with Crippen LogP contribution in [-0.2, 0) is 4.74 Å². The average Bonchev–Trinajstić information content (AvgIpc) is 3.58. The zero-order chi connectivity index (χ0) is 21.4. The minimum Gasteiger partial charge on any atom is -0.378 e. The highest BCUT2D eigenvalue weighted by atomic mass is 16.5. The minimum atomic E-state index is -0.336. The Hall–Kier alpha value is -3.47. The van der Waals surface area contributed by atoms with Crippen molar-refractivity contribution in [2.75, 3.05) is 56.2 Å². The average molecular weight is 424 g/mol. The van der Waals surface area contributed by atoms with E-state index in [1.165, 1.54) is 11.1 Å². The van der Waals surface area contributed by atoms with Crippen molar-refractivity contribution in [3.63, 3.8) is 0 Å². The first-order valence-electron chi connectivity index (χ1n) is 10.4. The highest BCUT2D eigenvalue weighted by molar-refractivity contribution is 6.11. The number of likely N-dealkylation sites (tertiary alicyclic amines) is 1. The lowest BCUT2D eigenvalue weighted by Crippen LogP contribution is -2.36. The Morgan fingerprint density at radius 3 is 2.71 bits per heavy atom. The standard InChI is InChI=1S/C20H24N8O3/c1-25(19(30)17-15(13-21-23-17)18(29)26-5-2-3-6-26)14-4-7-28-16(12-14)22-20(24-28)27-8-10-31-11-9-27/h4,7,12-13H,2-3,5-6,8-11H2,1H3,(H,21,23). The summed E-state index contributed by atoms with van der Waals surface area (Å²) in [5.41, 5.74) is 1.77. The van der Waals surface area contributed by atoms with E-state index in [2.05, 4.69) is 25.2 Å². The van der Waals surface area contributed by atoms with Gasteiger partial charge in [0.2, 0.25) is 5.95 Å². The third-order valence-electron chi connectivity index (χ3n) is 5.77. The Balaban J connectivity index is 1.38. The maximum Gasteiger partial charge on any atom is 0.276 e. The summed E-state index contributed by atoms with van der Waals surface area (Å²) in [5.74, 6) is 0.143. The largest absolute Gasteiger partial charge is 0.378 e. The number of nitrogens with zero attached hydrogens (tertiary/aromatic N) is 7. The third kappa shape index (κ3) is 3.61. The monoisotopic (exact) mass is 424 g/mol. The number of carbonyl (C=O) groups excluding carboxylic acids is 2. The molecule has 162 valence electrons. The Morgan fingerprint density at radius 2 is 1.94 bits per heavy atom. The fraction of sp³-hybridized carbons (Fsp3) is 0.450. The molecule has 0 bridgehead atoms. The van der Waals surface area contributed by atoms with Crippen molar-refractivity contribution in [3.05, 3.63) is 35.8 Å². The van der Waals surface area contributed by atoms with Crippen molar-refractivity contribution in [2.45, 2.75) is 12.8 Å². The van der Waals surface area contributed by atoms with Crippen LogP contribution in [0.25, 0.3) is 5.65 Å². The lowest BCUT2D eigenvalue weighted by molar-refractivity contribution is 0.0786. The van der Waals surface area contributed by atoms with Gasteiger partial charge in [-0.25, -0.2) is 4.52 Å². The Kier molecular flexibility index (Phi) is 5.02. The number of anilines is 2. The van der Waals surface area contributed by atoms with Crippen LogP contribution < -0.4 is 9.80 Å². The molecule has 5 rings (SSSR count). The van der Waals surface area contributed by atoms with Crippen molar-refractivity contribution in [1.29, 1.82) is 0 Å². The van der Waals surface area contributed by atoms with E-state index in [0.717, 1.165) is 25.9 Å². The summed E-state index contributed by atoms with van der Waals surface area (Å²) in [6, 6.07) is 3.59. The number of pyridine rings is 1. The molecule has 0 aliphatic carbocycles. The zero-order valence-corrected chi connectivity index (χ0v) is 17.3. The maximum atomic E-state index is 13.2. The molecule has 5 heterocycles. The van der Waals surface area contributed by atoms with E-state index in [4.69, 9.17) is 4.74 Å². The van der Waals surface area contributed by atoms with Crippen LogP contribution in [0.15, 0.2) is 24.5 Å². The molecular weight excluding hydrogens is 400 g/mol. The number of aromatic amines is 1. The molecule has 2 aliphatic rings. The van der Waals surface area contributed by atoms with Crippen molar-refractivity contribution in [1.82, 2.24) is 29.7 Å². The molecular formula is C20H24N8O3. The van der Waals surface area contributed by atoms with Crippen LogP contribution in [0.2, 0.25) is 0 Å². The van der Waals surface area contributed by atoms with E-state index in [1.54, 1.807) is 34.8 Å². The fourth-order valence-corrected chi connectivity index (χ4v) is 3.95. The predicted octanol–water partition coefficient (Wildman–Crippen LogP) is 0.802. The molecule has 0 saturated carbocycles. The molecule has 0 radical (unpaired) electrons. The second kappa shape index (κ2) is 7.99. The topological polar surface area (TPSA) is 112 Å². The summed E-state index contributed by atoms with van der Waals surface area (Å²) >= 11 is 0. The SMILES string of the molecule is CN(C(=O)c1[nH]ncc1C(=O)N1CCCC1)c1ccn2nc(N3CCOCC3)nc2c1. The molecule has 11 nitrogen and oxygen atoms in total. The predicted molar refractivity (Wildman–Crippen MR) is 112 cm³/mol. The zero-order valence-electron chi connectivity index (χ0n) is 17.3. The summed E-state index contributed by atoms with van der Waals surface area (Å²) in [4.78, 5) is 35.9. The number of ether oxygens (including phenoxy) is 1. The number of amides is 2. The molecule has 11 heteroatoms. The summed E-state index contributed by atoms with van der Waals surface area (Å²) in [6.07, 6.45) is 5.17. The van der Waals surface area contributed by atoms with Gasteiger partial charge in [0, 0.05) is 51.2 Å². The van der Waals surface area contributed by atoms with E-state index in [1.807, 2.05) is 0 Å². The molecule has 1 N–H and O–H groups in total. The van der Waals surface area contributed by atoms with Crippen molar-refractivity contribution in [2.24, 2.45) is 0 Å². The summed E-state index contributed by atoms with van der Waals surface area (Å²) in [7, 11) is 1.67. The number of hydrogen-bond acceptors (Lipinski definition) is 7. The maximum absolute atomic E-state index is 13.2. The van der Waals surface area contributed by atoms with E-state index in [-0.39, 0.29) is 17.5 Å². The van der Waals surface area contributed by atoms with Gasteiger partial charge in [-0.15, -0.1) is 5.10 Å². The molecule has 2 aliphatic heterocycles. The van der Waals surface area contributed by atoms with Crippen LogP contribution in [0.4, 0.5) is 11.6 Å². The van der Waals surface area contributed by atoms with Crippen LogP contribution in [0.3, 0.4) is 0 Å². The van der Waals surface area contributed by atoms with Gasteiger partial charge in [0.15, 0.2) is 5.65 Å². The number of fused-ring (bicyclic) bond motifs is 1. The Bertz CT molecular complexity index is 1110. The number of carbonyl (C=O) groups is 2. The highest BCUT2D eigenvalue weighted by Crippen LogP contribution is 2.21. The van der Waals surface area contributed by atoms with Crippen LogP contribution in [0, 0.1) is 0 Å². The fourth-order valence-electron chi connectivity index (χ4n) is 3.95. The Morgan fingerprint density at radius 1 is 1.16 bits per heavy atom. The molecule has 31 heavy (non-hydrogen) atoms. The first-order chi connectivity index (χ1) is 15.1. The summed E-state index contributed by atoms with van der Waals surface area (Å²) < 4.78 is 7.07. The van der Waals surface area contributed by atoms with E-state index < -0.39 is 0 Å². The van der Waals surface area contributed by atoms with Crippen LogP contribution in [0.5, 0.6) is 0 Å². The lowest BCUT2D eigenvalue weighted by Gasteiger charge is -2.25. The highest BCUT2D eigenvalue weighted by Gasteiger charge is 2.28. The normalized spacial score (nSPS) is 16.8. The molecule has 3 aromatic heterocycles. The molecule has 0 spiro atoms. The number of aromatic nitrogens is 5. The van der Waals surface area contributed by atoms with Gasteiger partial charge >= 0.3 is 0 Å². The summed E-state index contributed by atoms with van der Waals surface area (Å²) in [5, 5.41) is 11.2. The number of hydrogen-bond donors (Lipinski definition) is 1. The van der Waals surface area contributed by atoms with E-state index in [9.17, 15) is 9.59 Å². The van der Waals surface area contributed by atoms with Crippen molar-refractivity contribution in [3.8, 4) is 0 Å². The van der Waals surface area contributed by atoms with Crippen molar-refractivity contribution >= 4 is 29.1 Å². The van der Waals surface area contributed by atoms with Gasteiger partial charge < -0.3 is 19.4 Å². The molecule has 2 fully saturated rings. The van der Waals surface area contributed by atoms with Gasteiger partial charge in [-0.1, -0.05) is 0 Å². The molecule has 0 atom stereocenters. The lowest BCUT2D eigenvalue weighted by atomic mass is 10.2. The number of nitrogens with one attached hydrogen (secondary N) is 1. The smallest absolute Gasteiger partial charge is 0.276 e. The second-order valence-electron chi connectivity index (χ2n) is 7.72. The van der Waals surface area contributed by atoms with Crippen molar-refractivity contribution < 1.29 is 14.3 Å². The van der Waals surface area contributed by atoms with Crippen LogP contribution >= 0.6 is 0 Å². The number of morpholine rings is 1. The van der Waals surface area contributed by atoms with Gasteiger partial charge in [0.25, 0.3) is 11.8 Å². The first-order valence-corrected chi connectivity index (χ1v) is 10.4. The first kappa shape index (κ1) is 19.5. The quantitative estimate of drug-likeness (QED) is 0.659.